The van der Waals surface area contributed by atoms with E-state index in [0.29, 0.717) is 21.6 Å². The Morgan fingerprint density at radius 2 is 2.06 bits per heavy atom. The number of benzene rings is 1. The van der Waals surface area contributed by atoms with Crippen LogP contribution in [-0.2, 0) is 30.2 Å². The van der Waals surface area contributed by atoms with E-state index in [2.05, 4.69) is 4.98 Å². The lowest BCUT2D eigenvalue weighted by atomic mass is 10.2. The minimum absolute atomic E-state index is 0.109. The molecular weight excluding hydrogens is 272 g/mol. The van der Waals surface area contributed by atoms with Gasteiger partial charge >= 0.3 is 0 Å². The summed E-state index contributed by atoms with van der Waals surface area (Å²) in [6.45, 7) is -0.109. The van der Waals surface area contributed by atoms with Crippen molar-refractivity contribution >= 4 is 22.4 Å². The molecule has 6 heteroatoms. The molecule has 1 heterocycles. The maximum atomic E-state index is 12.2. The van der Waals surface area contributed by atoms with Crippen LogP contribution in [0.1, 0.15) is 11.3 Å². The smallest absolute Gasteiger partial charge is 0.199 e. The Kier molecular flexibility index (Phi) is 4.16. The number of aliphatic hydroxyl groups excluding tert-OH is 1. The number of rotatable bonds is 4. The molecule has 1 N–H and O–H groups in total. The molecule has 0 bridgehead atoms. The summed E-state index contributed by atoms with van der Waals surface area (Å²) < 4.78 is 13.8. The summed E-state index contributed by atoms with van der Waals surface area (Å²) in [5, 5.41) is 10.2. The lowest BCUT2D eigenvalue weighted by Gasteiger charge is -2.04. The van der Waals surface area contributed by atoms with E-state index in [4.69, 9.17) is 16.7 Å². The Bertz CT molecular complexity index is 566. The molecule has 0 aliphatic rings. The van der Waals surface area contributed by atoms with Gasteiger partial charge in [0.2, 0.25) is 0 Å². The quantitative estimate of drug-likeness (QED) is 0.933. The zero-order valence-electron chi connectivity index (χ0n) is 9.84. The predicted molar refractivity (Wildman–Crippen MR) is 70.7 cm³/mol. The van der Waals surface area contributed by atoms with Gasteiger partial charge in [0.25, 0.3) is 0 Å². The number of hydrogen-bond donors (Lipinski definition) is 1. The minimum Gasteiger partial charge on any atom is -0.390 e. The van der Waals surface area contributed by atoms with Crippen LogP contribution in [0.15, 0.2) is 35.6 Å². The lowest BCUT2D eigenvalue weighted by Crippen LogP contribution is -2.06. The number of hydrogen-bond acceptors (Lipinski definition) is 3. The highest BCUT2D eigenvalue weighted by molar-refractivity contribution is 7.84. The molecule has 0 saturated heterocycles. The monoisotopic (exact) mass is 284 g/mol. The number of nitrogens with zero attached hydrogens (tertiary/aromatic N) is 2. The fraction of sp³-hybridized carbons (Fsp3) is 0.250. The molecule has 0 saturated carbocycles. The Balaban J connectivity index is 2.16. The predicted octanol–water partition coefficient (Wildman–Crippen LogP) is 1.87. The SMILES string of the molecule is Cn1c(CO)cnc1[S@](=O)Cc1ccc(Cl)cc1. The number of aliphatic hydroxyl groups is 1. The van der Waals surface area contributed by atoms with Crippen molar-refractivity contribution in [1.82, 2.24) is 9.55 Å². The molecule has 1 aromatic carbocycles. The van der Waals surface area contributed by atoms with Gasteiger partial charge in [-0.05, 0) is 17.7 Å². The zero-order chi connectivity index (χ0) is 13.1. The summed E-state index contributed by atoms with van der Waals surface area (Å²) >= 11 is 5.79. The maximum absolute atomic E-state index is 12.2. The molecule has 96 valence electrons. The molecule has 2 rings (SSSR count). The van der Waals surface area contributed by atoms with Crippen molar-refractivity contribution in [2.45, 2.75) is 17.5 Å². The van der Waals surface area contributed by atoms with Crippen LogP contribution in [0.3, 0.4) is 0 Å². The van der Waals surface area contributed by atoms with Crippen LogP contribution < -0.4 is 0 Å². The molecule has 0 fully saturated rings. The number of aromatic nitrogens is 2. The van der Waals surface area contributed by atoms with Gasteiger partial charge in [-0.15, -0.1) is 0 Å². The van der Waals surface area contributed by atoms with E-state index in [9.17, 15) is 4.21 Å². The van der Waals surface area contributed by atoms with Gasteiger partial charge in [-0.25, -0.2) is 4.98 Å². The highest BCUT2D eigenvalue weighted by atomic mass is 35.5. The van der Waals surface area contributed by atoms with Gasteiger partial charge in [0.15, 0.2) is 5.16 Å². The lowest BCUT2D eigenvalue weighted by molar-refractivity contribution is 0.271. The fourth-order valence-electron chi connectivity index (χ4n) is 1.58. The summed E-state index contributed by atoms with van der Waals surface area (Å²) in [7, 11) is 0.508. The first-order valence-electron chi connectivity index (χ1n) is 5.36. The highest BCUT2D eigenvalue weighted by Gasteiger charge is 2.13. The number of halogens is 1. The normalized spacial score (nSPS) is 12.6. The van der Waals surface area contributed by atoms with Crippen LogP contribution in [0.4, 0.5) is 0 Å². The molecule has 0 spiro atoms. The van der Waals surface area contributed by atoms with Crippen molar-refractivity contribution in [2.24, 2.45) is 7.05 Å². The molecule has 0 aliphatic heterocycles. The zero-order valence-corrected chi connectivity index (χ0v) is 11.4. The maximum Gasteiger partial charge on any atom is 0.199 e. The first-order chi connectivity index (χ1) is 8.61. The van der Waals surface area contributed by atoms with E-state index < -0.39 is 10.8 Å². The van der Waals surface area contributed by atoms with Gasteiger partial charge in [-0.1, -0.05) is 23.7 Å². The van der Waals surface area contributed by atoms with E-state index in [-0.39, 0.29) is 6.61 Å². The largest absolute Gasteiger partial charge is 0.390 e. The molecule has 4 nitrogen and oxygen atoms in total. The second-order valence-electron chi connectivity index (χ2n) is 3.87. The Morgan fingerprint density at radius 1 is 1.39 bits per heavy atom. The van der Waals surface area contributed by atoms with Gasteiger partial charge in [0.05, 0.1) is 35.1 Å². The van der Waals surface area contributed by atoms with E-state index >= 15 is 0 Å². The van der Waals surface area contributed by atoms with E-state index in [0.717, 1.165) is 5.56 Å². The van der Waals surface area contributed by atoms with Gasteiger partial charge in [-0.2, -0.15) is 0 Å². The summed E-state index contributed by atoms with van der Waals surface area (Å²) in [5.41, 5.74) is 1.58. The standard InChI is InChI=1S/C12H13ClN2O2S/c1-15-11(7-16)6-14-12(15)18(17)8-9-2-4-10(13)5-3-9/h2-6,16H,7-8H2,1H3/t18-/m1/s1. The van der Waals surface area contributed by atoms with Gasteiger partial charge in [-0.3, -0.25) is 4.21 Å². The first-order valence-corrected chi connectivity index (χ1v) is 7.05. The minimum atomic E-state index is -1.24. The summed E-state index contributed by atoms with van der Waals surface area (Å²) in [4.78, 5) is 4.08. The second-order valence-corrected chi connectivity index (χ2v) is 5.65. The van der Waals surface area contributed by atoms with Crippen molar-refractivity contribution in [3.8, 4) is 0 Å². The average Bonchev–Trinajstić information content (AvgIpc) is 2.73. The van der Waals surface area contributed by atoms with Crippen molar-refractivity contribution in [3.05, 3.63) is 46.7 Å². The average molecular weight is 285 g/mol. The Hall–Kier alpha value is -1.17. The van der Waals surface area contributed by atoms with Crippen molar-refractivity contribution in [3.63, 3.8) is 0 Å². The first kappa shape index (κ1) is 13.3. The van der Waals surface area contributed by atoms with Crippen LogP contribution >= 0.6 is 11.6 Å². The van der Waals surface area contributed by atoms with Crippen LogP contribution in [0.2, 0.25) is 5.02 Å². The van der Waals surface area contributed by atoms with E-state index in [1.807, 2.05) is 12.1 Å². The number of imidazole rings is 1. The Morgan fingerprint density at radius 3 is 2.61 bits per heavy atom. The molecule has 2 aromatic rings. The van der Waals surface area contributed by atoms with Crippen LogP contribution in [0, 0.1) is 0 Å². The van der Waals surface area contributed by atoms with Crippen molar-refractivity contribution in [1.29, 1.82) is 0 Å². The molecule has 1 atom stereocenters. The van der Waals surface area contributed by atoms with Gasteiger partial charge < -0.3 is 9.67 Å². The molecular formula is C12H13ClN2O2S. The third-order valence-corrected chi connectivity index (χ3v) is 4.25. The van der Waals surface area contributed by atoms with E-state index in [1.54, 1.807) is 23.7 Å². The molecule has 0 aliphatic carbocycles. The molecule has 18 heavy (non-hydrogen) atoms. The molecule has 0 radical (unpaired) electrons. The summed E-state index contributed by atoms with van der Waals surface area (Å²) in [6, 6.07) is 7.23. The van der Waals surface area contributed by atoms with Crippen LogP contribution in [0.5, 0.6) is 0 Å². The van der Waals surface area contributed by atoms with Crippen LogP contribution in [0.25, 0.3) is 0 Å². The second kappa shape index (κ2) is 5.65. The third kappa shape index (κ3) is 2.80. The van der Waals surface area contributed by atoms with Gasteiger partial charge in [0, 0.05) is 12.1 Å². The fourth-order valence-corrected chi connectivity index (χ4v) is 2.92. The third-order valence-electron chi connectivity index (χ3n) is 2.62. The topological polar surface area (TPSA) is 55.1 Å². The highest BCUT2D eigenvalue weighted by Crippen LogP contribution is 2.15. The summed E-state index contributed by atoms with van der Waals surface area (Å²) in [5.74, 6) is 0.382. The van der Waals surface area contributed by atoms with Gasteiger partial charge in [0.1, 0.15) is 0 Å². The Labute approximate surface area is 113 Å². The van der Waals surface area contributed by atoms with Crippen molar-refractivity contribution < 1.29 is 9.32 Å². The molecule has 0 unspecified atom stereocenters. The molecule has 1 aromatic heterocycles. The molecule has 0 amide bonds. The van der Waals surface area contributed by atoms with Crippen LogP contribution in [-0.4, -0.2) is 18.9 Å². The summed E-state index contributed by atoms with van der Waals surface area (Å²) in [6.07, 6.45) is 1.54. The van der Waals surface area contributed by atoms with E-state index in [1.165, 1.54) is 6.20 Å². The van der Waals surface area contributed by atoms with Crippen molar-refractivity contribution in [2.75, 3.05) is 0 Å².